The first kappa shape index (κ1) is 28.6. The van der Waals surface area contributed by atoms with Gasteiger partial charge in [-0.1, -0.05) is 11.1 Å². The van der Waals surface area contributed by atoms with Crippen molar-refractivity contribution in [2.24, 2.45) is 22.9 Å². The van der Waals surface area contributed by atoms with Crippen molar-refractivity contribution in [3.8, 4) is 5.75 Å². The van der Waals surface area contributed by atoms with E-state index in [2.05, 4.69) is 10.6 Å². The highest BCUT2D eigenvalue weighted by atomic mass is 32.2. The van der Waals surface area contributed by atoms with E-state index in [-0.39, 0.29) is 33.7 Å². The van der Waals surface area contributed by atoms with E-state index in [1.807, 2.05) is 13.8 Å². The minimum atomic E-state index is -4.95. The number of hydrogen-bond donors (Lipinski definition) is 3. The van der Waals surface area contributed by atoms with Gasteiger partial charge >= 0.3 is 6.18 Å². The van der Waals surface area contributed by atoms with Crippen molar-refractivity contribution in [1.82, 2.24) is 5.32 Å². The summed E-state index contributed by atoms with van der Waals surface area (Å²) in [5.74, 6) is -4.05. The Kier molecular flexibility index (Phi) is 7.52. The molecule has 0 aromatic heterocycles. The summed E-state index contributed by atoms with van der Waals surface area (Å²) in [4.78, 5) is 26.6. The summed E-state index contributed by atoms with van der Waals surface area (Å²) in [6, 6.07) is 5.00. The number of carbonyl (C=O) groups excluding carboxylic acids is 2. The summed E-state index contributed by atoms with van der Waals surface area (Å²) in [6.07, 6.45) is -3.65. The number of nitrogens with two attached hydrogens (primary N) is 1. The monoisotopic (exact) mass is 569 g/mol. The lowest BCUT2D eigenvalue weighted by molar-refractivity contribution is -0.140. The first-order valence-corrected chi connectivity index (χ1v) is 13.5. The van der Waals surface area contributed by atoms with Crippen LogP contribution in [0.25, 0.3) is 0 Å². The predicted molar refractivity (Wildman–Crippen MR) is 134 cm³/mol. The molecule has 2 aromatic rings. The molecule has 2 aromatic carbocycles. The summed E-state index contributed by atoms with van der Waals surface area (Å²) >= 11 is 0. The van der Waals surface area contributed by atoms with Crippen molar-refractivity contribution in [1.29, 1.82) is 0 Å². The van der Waals surface area contributed by atoms with E-state index in [9.17, 15) is 35.6 Å². The number of ether oxygens (including phenoxy) is 1. The molecule has 4 N–H and O–H groups in total. The van der Waals surface area contributed by atoms with Crippen LogP contribution in [0.4, 0.5) is 23.2 Å². The molecule has 0 saturated heterocycles. The zero-order valence-corrected chi connectivity index (χ0v) is 22.0. The van der Waals surface area contributed by atoms with Crippen LogP contribution in [0.15, 0.2) is 52.4 Å². The minimum Gasteiger partial charge on any atom is -0.496 e. The van der Waals surface area contributed by atoms with Crippen LogP contribution in [-0.2, 0) is 21.0 Å². The molecule has 4 atom stereocenters. The number of halogens is 4. The Morgan fingerprint density at radius 3 is 2.31 bits per heavy atom. The number of anilines is 1. The van der Waals surface area contributed by atoms with Crippen molar-refractivity contribution in [2.45, 2.75) is 43.8 Å². The molecule has 2 unspecified atom stereocenters. The Balaban J connectivity index is 1.67. The average molecular weight is 570 g/mol. The predicted octanol–water partition coefficient (Wildman–Crippen LogP) is 4.23. The first-order valence-electron chi connectivity index (χ1n) is 12.0. The van der Waals surface area contributed by atoms with Gasteiger partial charge in [0.2, 0.25) is 15.9 Å². The molecule has 4 rings (SSSR count). The molecule has 2 fully saturated rings. The number of methoxy groups -OCH3 is 1. The fourth-order valence-corrected chi connectivity index (χ4v) is 6.33. The van der Waals surface area contributed by atoms with E-state index >= 15 is 0 Å². The lowest BCUT2D eigenvalue weighted by Crippen LogP contribution is -2.48. The summed E-state index contributed by atoms with van der Waals surface area (Å²) in [7, 11) is -2.83. The largest absolute Gasteiger partial charge is 0.496 e. The van der Waals surface area contributed by atoms with Crippen LogP contribution in [-0.4, -0.2) is 33.4 Å². The Morgan fingerprint density at radius 2 is 1.72 bits per heavy atom. The van der Waals surface area contributed by atoms with Gasteiger partial charge in [0.25, 0.3) is 5.91 Å². The van der Waals surface area contributed by atoms with Crippen molar-refractivity contribution in [3.63, 3.8) is 0 Å². The highest BCUT2D eigenvalue weighted by molar-refractivity contribution is 7.89. The maximum Gasteiger partial charge on any atom is 0.419 e. The molecule has 210 valence electrons. The number of alkyl halides is 3. The number of allylic oxidation sites excluding steroid dienone is 1. The smallest absolute Gasteiger partial charge is 0.419 e. The van der Waals surface area contributed by atoms with Crippen molar-refractivity contribution in [2.75, 3.05) is 12.4 Å². The molecule has 39 heavy (non-hydrogen) atoms. The van der Waals surface area contributed by atoms with Crippen molar-refractivity contribution < 1.29 is 40.3 Å². The topological polar surface area (TPSA) is 128 Å². The molecule has 2 saturated carbocycles. The molecule has 13 heteroatoms. The number of fused-ring (bicyclic) bond motifs is 2. The second-order valence-corrected chi connectivity index (χ2v) is 11.4. The average Bonchev–Trinajstić information content (AvgIpc) is 3.40. The molecule has 2 bridgehead atoms. The molecule has 2 aliphatic rings. The Hall–Kier alpha value is -3.45. The van der Waals surface area contributed by atoms with Crippen molar-refractivity contribution >= 4 is 27.5 Å². The zero-order valence-electron chi connectivity index (χ0n) is 21.2. The molecule has 0 radical (unpaired) electrons. The third kappa shape index (κ3) is 5.50. The fourth-order valence-electron chi connectivity index (χ4n) is 5.79. The normalized spacial score (nSPS) is 22.5. The standard InChI is InChI=1S/C26H27F4N3O5S/c1-12(2)21-15-6-7-16(21)23(33-24(34)17-11-14(39(31,36)37)5-9-20(17)38-3)22(15)25(35)32-13-4-8-19(27)18(10-13)26(28,29)30/h4-5,8-11,15-16,22-23H,6-7H2,1-3H3,(H,32,35)(H,33,34)(H2,31,36,37)/t15?,16?,22-,23+/m0/s1. The van der Waals surface area contributed by atoms with Crippen molar-refractivity contribution in [3.05, 3.63) is 64.5 Å². The number of sulfonamides is 1. The maximum absolute atomic E-state index is 13.8. The minimum absolute atomic E-state index is 0.0810. The molecule has 0 spiro atoms. The maximum atomic E-state index is 13.8. The molecular formula is C26H27F4N3O5S. The van der Waals surface area contributed by atoms with Crippen LogP contribution in [0.2, 0.25) is 0 Å². The number of amides is 2. The van der Waals surface area contributed by atoms with Gasteiger partial charge in [-0.3, -0.25) is 9.59 Å². The summed E-state index contributed by atoms with van der Waals surface area (Å²) < 4.78 is 82.3. The summed E-state index contributed by atoms with van der Waals surface area (Å²) in [5.41, 5.74) is 0.0959. The Bertz CT molecular complexity index is 1470. The quantitative estimate of drug-likeness (QED) is 0.355. The summed E-state index contributed by atoms with van der Waals surface area (Å²) in [5, 5.41) is 10.5. The van der Waals surface area contributed by atoms with Gasteiger partial charge in [-0.05, 0) is 69.0 Å². The van der Waals surface area contributed by atoms with E-state index in [1.54, 1.807) is 0 Å². The number of carbonyl (C=O) groups is 2. The number of hydrogen-bond acceptors (Lipinski definition) is 5. The third-order valence-corrected chi connectivity index (χ3v) is 8.21. The number of primary sulfonamides is 1. The van der Waals surface area contributed by atoms with Gasteiger partial charge in [0, 0.05) is 17.6 Å². The number of rotatable bonds is 6. The van der Waals surface area contributed by atoms with Gasteiger partial charge < -0.3 is 15.4 Å². The Morgan fingerprint density at radius 1 is 1.05 bits per heavy atom. The number of benzene rings is 2. The number of nitrogens with one attached hydrogen (secondary N) is 2. The molecule has 2 aliphatic carbocycles. The van der Waals surface area contributed by atoms with Gasteiger partial charge in [0.15, 0.2) is 0 Å². The van der Waals surface area contributed by atoms with Gasteiger partial charge in [-0.25, -0.2) is 17.9 Å². The first-order chi connectivity index (χ1) is 18.1. The van der Waals surface area contributed by atoms with Crippen LogP contribution in [0.3, 0.4) is 0 Å². The van der Waals surface area contributed by atoms with Crippen LogP contribution in [0.1, 0.15) is 42.6 Å². The van der Waals surface area contributed by atoms with Crippen LogP contribution in [0, 0.1) is 23.6 Å². The highest BCUT2D eigenvalue weighted by Gasteiger charge is 2.55. The van der Waals surface area contributed by atoms with Crippen LogP contribution in [0.5, 0.6) is 5.75 Å². The zero-order chi connectivity index (χ0) is 28.9. The molecule has 0 heterocycles. The second kappa shape index (κ2) is 10.3. The van der Waals surface area contributed by atoms with Crippen LogP contribution < -0.4 is 20.5 Å². The molecule has 0 aliphatic heterocycles. The molecule has 8 nitrogen and oxygen atoms in total. The molecule has 2 amide bonds. The second-order valence-electron chi connectivity index (χ2n) is 9.86. The van der Waals surface area contributed by atoms with Gasteiger partial charge in [0.05, 0.1) is 29.1 Å². The van der Waals surface area contributed by atoms with Gasteiger partial charge in [0.1, 0.15) is 11.6 Å². The Labute approximate surface area is 222 Å². The van der Waals surface area contributed by atoms with Gasteiger partial charge in [-0.2, -0.15) is 13.2 Å². The summed E-state index contributed by atoms with van der Waals surface area (Å²) in [6.45, 7) is 3.77. The van der Waals surface area contributed by atoms with E-state index < -0.39 is 51.4 Å². The SMILES string of the molecule is COc1ccc(S(N)(=O)=O)cc1C(=O)N[C@@H]1C2CCC(C2=C(C)C)[C@@H]1C(=O)Nc1ccc(F)c(C(F)(F)F)c1. The molecular weight excluding hydrogens is 542 g/mol. The van der Waals surface area contributed by atoms with E-state index in [0.29, 0.717) is 25.0 Å². The third-order valence-electron chi connectivity index (χ3n) is 7.30. The fraction of sp³-hybridized carbons (Fsp3) is 0.385. The highest BCUT2D eigenvalue weighted by Crippen LogP contribution is 2.54. The van der Waals surface area contributed by atoms with Crippen LogP contribution >= 0.6 is 0 Å². The van der Waals surface area contributed by atoms with Gasteiger partial charge in [-0.15, -0.1) is 0 Å². The lowest BCUT2D eigenvalue weighted by atomic mass is 9.83. The van der Waals surface area contributed by atoms with E-state index in [1.165, 1.54) is 19.2 Å². The van der Waals surface area contributed by atoms with E-state index in [4.69, 9.17) is 9.88 Å². The lowest BCUT2D eigenvalue weighted by Gasteiger charge is -2.30. The van der Waals surface area contributed by atoms with E-state index in [0.717, 1.165) is 23.3 Å².